The molecule has 0 unspecified atom stereocenters. The van der Waals surface area contributed by atoms with Crippen molar-refractivity contribution in [2.75, 3.05) is 0 Å². The summed E-state index contributed by atoms with van der Waals surface area (Å²) in [6, 6.07) is 41.7. The highest BCUT2D eigenvalue weighted by molar-refractivity contribution is 6.15. The van der Waals surface area contributed by atoms with Gasteiger partial charge in [-0.25, -0.2) is 9.59 Å². The summed E-state index contributed by atoms with van der Waals surface area (Å²) in [5.41, 5.74) is 0.968. The molecule has 0 aliphatic rings. The molecular weight excluding hydrogens is 496 g/mol. The van der Waals surface area contributed by atoms with Crippen LogP contribution < -0.4 is 9.47 Å². The number of benzene rings is 7. The zero-order chi connectivity index (χ0) is 27.1. The van der Waals surface area contributed by atoms with Gasteiger partial charge in [0.1, 0.15) is 11.5 Å². The number of carbonyl (C=O) groups excluding carboxylic acids is 2. The van der Waals surface area contributed by atoms with Crippen molar-refractivity contribution in [3.05, 3.63) is 145 Å². The molecule has 0 spiro atoms. The molecule has 0 N–H and O–H groups in total. The van der Waals surface area contributed by atoms with Gasteiger partial charge >= 0.3 is 11.9 Å². The van der Waals surface area contributed by atoms with Crippen molar-refractivity contribution in [1.29, 1.82) is 0 Å². The Morgan fingerprint density at radius 3 is 1.02 bits per heavy atom. The van der Waals surface area contributed by atoms with Crippen LogP contribution in [0.4, 0.5) is 0 Å². The molecule has 0 atom stereocenters. The number of fused-ring (bicyclic) bond motifs is 4. The van der Waals surface area contributed by atoms with Gasteiger partial charge in [-0.2, -0.15) is 0 Å². The fourth-order valence-electron chi connectivity index (χ4n) is 5.37. The van der Waals surface area contributed by atoms with Crippen LogP contribution in [0.15, 0.2) is 133 Å². The Morgan fingerprint density at radius 1 is 0.350 bits per heavy atom. The van der Waals surface area contributed by atoms with E-state index in [-0.39, 0.29) is 0 Å². The van der Waals surface area contributed by atoms with Gasteiger partial charge in [0.05, 0.1) is 11.1 Å². The second-order valence-electron chi connectivity index (χ2n) is 9.58. The lowest BCUT2D eigenvalue weighted by molar-refractivity contribution is 0.0728. The van der Waals surface area contributed by atoms with Crippen LogP contribution in [-0.4, -0.2) is 11.9 Å². The molecule has 7 aromatic carbocycles. The van der Waals surface area contributed by atoms with Crippen LogP contribution in [0.25, 0.3) is 43.1 Å². The Hall–Kier alpha value is -5.48. The monoisotopic (exact) mass is 518 g/mol. The SMILES string of the molecule is O=C(Oc1c2ccccc2c(OC(=O)c2cccc3ccccc23)c2ccccc12)c1cccc2ccccc12. The zero-order valence-electron chi connectivity index (χ0n) is 21.3. The average molecular weight is 519 g/mol. The summed E-state index contributed by atoms with van der Waals surface area (Å²) in [6.45, 7) is 0. The van der Waals surface area contributed by atoms with Gasteiger partial charge in [-0.1, -0.05) is 121 Å². The van der Waals surface area contributed by atoms with Crippen LogP contribution in [0.5, 0.6) is 11.5 Å². The molecule has 40 heavy (non-hydrogen) atoms. The molecule has 4 nitrogen and oxygen atoms in total. The number of ether oxygens (including phenoxy) is 2. The third-order valence-electron chi connectivity index (χ3n) is 7.24. The summed E-state index contributed by atoms with van der Waals surface area (Å²) in [5.74, 6) is -0.0524. The van der Waals surface area contributed by atoms with Crippen molar-refractivity contribution in [1.82, 2.24) is 0 Å². The van der Waals surface area contributed by atoms with Crippen molar-refractivity contribution in [3.8, 4) is 11.5 Å². The van der Waals surface area contributed by atoms with E-state index in [1.54, 1.807) is 12.1 Å². The van der Waals surface area contributed by atoms with E-state index in [4.69, 9.17) is 9.47 Å². The van der Waals surface area contributed by atoms with E-state index in [1.165, 1.54) is 0 Å². The molecule has 7 rings (SSSR count). The molecule has 0 amide bonds. The van der Waals surface area contributed by atoms with Crippen molar-refractivity contribution in [3.63, 3.8) is 0 Å². The summed E-state index contributed by atoms with van der Waals surface area (Å²) in [6.07, 6.45) is 0. The van der Waals surface area contributed by atoms with E-state index in [0.717, 1.165) is 21.5 Å². The minimum Gasteiger partial charge on any atom is -0.422 e. The van der Waals surface area contributed by atoms with Crippen LogP contribution in [0.3, 0.4) is 0 Å². The smallest absolute Gasteiger partial charge is 0.344 e. The molecule has 0 saturated carbocycles. The summed E-state index contributed by atoms with van der Waals surface area (Å²) >= 11 is 0. The molecule has 0 bridgehead atoms. The highest BCUT2D eigenvalue weighted by atomic mass is 16.5. The largest absolute Gasteiger partial charge is 0.422 e. The second kappa shape index (κ2) is 9.68. The van der Waals surface area contributed by atoms with Crippen LogP contribution in [0.1, 0.15) is 20.7 Å². The molecule has 0 saturated heterocycles. The van der Waals surface area contributed by atoms with Crippen LogP contribution in [0, 0.1) is 0 Å². The van der Waals surface area contributed by atoms with E-state index in [9.17, 15) is 9.59 Å². The number of rotatable bonds is 4. The third kappa shape index (κ3) is 3.94. The van der Waals surface area contributed by atoms with Gasteiger partial charge < -0.3 is 9.47 Å². The van der Waals surface area contributed by atoms with E-state index in [0.29, 0.717) is 44.2 Å². The summed E-state index contributed by atoms with van der Waals surface area (Å²) in [5, 5.41) is 6.27. The van der Waals surface area contributed by atoms with Crippen LogP contribution in [0.2, 0.25) is 0 Å². The standard InChI is InChI=1S/C36H22O4/c37-35(31-21-9-13-23-11-1-3-15-25(23)31)39-33-27-17-5-7-19-29(27)34(30-20-8-6-18-28(30)33)40-36(38)32-22-10-14-24-12-2-4-16-26(24)32/h1-22H. The predicted octanol–water partition coefficient (Wildman–Crippen LogP) is 8.74. The van der Waals surface area contributed by atoms with Crippen molar-refractivity contribution in [2.45, 2.75) is 0 Å². The molecule has 190 valence electrons. The fourth-order valence-corrected chi connectivity index (χ4v) is 5.37. The maximum Gasteiger partial charge on any atom is 0.344 e. The predicted molar refractivity (Wildman–Crippen MR) is 159 cm³/mol. The Morgan fingerprint density at radius 2 is 0.650 bits per heavy atom. The lowest BCUT2D eigenvalue weighted by Gasteiger charge is -2.17. The third-order valence-corrected chi connectivity index (χ3v) is 7.24. The molecule has 4 heteroatoms. The first-order valence-corrected chi connectivity index (χ1v) is 13.0. The second-order valence-corrected chi connectivity index (χ2v) is 9.58. The van der Waals surface area contributed by atoms with Gasteiger partial charge in [-0.15, -0.1) is 0 Å². The topological polar surface area (TPSA) is 52.6 Å². The van der Waals surface area contributed by atoms with E-state index < -0.39 is 11.9 Å². The molecule has 0 aliphatic heterocycles. The van der Waals surface area contributed by atoms with Gasteiger partial charge in [0.2, 0.25) is 0 Å². The minimum absolute atomic E-state index is 0.425. The van der Waals surface area contributed by atoms with Crippen LogP contribution >= 0.6 is 0 Å². The molecule has 0 fully saturated rings. The van der Waals surface area contributed by atoms with Gasteiger partial charge in [0, 0.05) is 21.5 Å². The minimum atomic E-state index is -0.451. The molecule has 0 heterocycles. The lowest BCUT2D eigenvalue weighted by Crippen LogP contribution is -2.12. The lowest BCUT2D eigenvalue weighted by atomic mass is 10.00. The highest BCUT2D eigenvalue weighted by Gasteiger charge is 2.22. The van der Waals surface area contributed by atoms with Gasteiger partial charge in [-0.05, 0) is 33.7 Å². The van der Waals surface area contributed by atoms with Gasteiger partial charge in [0.25, 0.3) is 0 Å². The summed E-state index contributed by atoms with van der Waals surface area (Å²) in [4.78, 5) is 27.2. The first-order valence-electron chi connectivity index (χ1n) is 13.0. The molecular formula is C36H22O4. The summed E-state index contributed by atoms with van der Waals surface area (Å²) in [7, 11) is 0. The normalized spacial score (nSPS) is 11.2. The number of hydrogen-bond donors (Lipinski definition) is 0. The number of carbonyl (C=O) groups is 2. The van der Waals surface area contributed by atoms with Crippen molar-refractivity contribution >= 4 is 55.0 Å². The zero-order valence-corrected chi connectivity index (χ0v) is 21.3. The quantitative estimate of drug-likeness (QED) is 0.133. The summed E-state index contributed by atoms with van der Waals surface area (Å²) < 4.78 is 12.3. The van der Waals surface area contributed by atoms with Crippen LogP contribution in [-0.2, 0) is 0 Å². The maximum atomic E-state index is 13.6. The van der Waals surface area contributed by atoms with Gasteiger partial charge in [0.15, 0.2) is 0 Å². The first kappa shape index (κ1) is 23.6. The number of hydrogen-bond acceptors (Lipinski definition) is 4. The molecule has 0 radical (unpaired) electrons. The van der Waals surface area contributed by atoms with E-state index >= 15 is 0 Å². The average Bonchev–Trinajstić information content (AvgIpc) is 3.01. The Bertz CT molecular complexity index is 1890. The fraction of sp³-hybridized carbons (Fsp3) is 0. The van der Waals surface area contributed by atoms with E-state index in [1.807, 2.05) is 121 Å². The van der Waals surface area contributed by atoms with Gasteiger partial charge in [-0.3, -0.25) is 0 Å². The van der Waals surface area contributed by atoms with Crippen molar-refractivity contribution in [2.24, 2.45) is 0 Å². The molecule has 0 aliphatic carbocycles. The Balaban J connectivity index is 1.37. The Labute approximate surface area is 230 Å². The molecule has 7 aromatic rings. The van der Waals surface area contributed by atoms with Crippen molar-refractivity contribution < 1.29 is 19.1 Å². The maximum absolute atomic E-state index is 13.6. The number of esters is 2. The molecule has 0 aromatic heterocycles. The first-order chi connectivity index (χ1) is 19.7. The highest BCUT2D eigenvalue weighted by Crippen LogP contribution is 2.43. The Kier molecular flexibility index (Phi) is 5.72. The van der Waals surface area contributed by atoms with E-state index in [2.05, 4.69) is 0 Å².